The Bertz CT molecular complexity index is 1790. The molecule has 5 aromatic rings. The van der Waals surface area contributed by atoms with E-state index >= 15 is 0 Å². The van der Waals surface area contributed by atoms with Crippen molar-refractivity contribution in [1.29, 1.82) is 0 Å². The van der Waals surface area contributed by atoms with Gasteiger partial charge in [-0.05, 0) is 67.1 Å². The molecule has 0 radical (unpaired) electrons. The Balaban J connectivity index is 1.40. The quantitative estimate of drug-likeness (QED) is 0.257. The molecule has 4 aromatic carbocycles. The molecular weight excluding hydrogens is 514 g/mol. The molecule has 10 heteroatoms. The molecule has 5 rings (SSSR count). The molecule has 0 saturated carbocycles. The summed E-state index contributed by atoms with van der Waals surface area (Å²) in [4.78, 5) is 12.7. The zero-order chi connectivity index (χ0) is 27.6. The molecule has 1 heterocycles. The molecule has 0 atom stereocenters. The van der Waals surface area contributed by atoms with Crippen LogP contribution in [0.25, 0.3) is 22.0 Å². The van der Waals surface area contributed by atoms with Crippen molar-refractivity contribution < 1.29 is 17.9 Å². The van der Waals surface area contributed by atoms with E-state index in [2.05, 4.69) is 20.8 Å². The molecule has 39 heavy (non-hydrogen) atoms. The van der Waals surface area contributed by atoms with Crippen molar-refractivity contribution in [2.45, 2.75) is 11.8 Å². The van der Waals surface area contributed by atoms with Crippen LogP contribution >= 0.6 is 0 Å². The van der Waals surface area contributed by atoms with Crippen LogP contribution in [-0.2, 0) is 10.0 Å². The van der Waals surface area contributed by atoms with Gasteiger partial charge in [0.05, 0.1) is 12.0 Å². The maximum absolute atomic E-state index is 12.7. The Morgan fingerprint density at radius 3 is 2.18 bits per heavy atom. The summed E-state index contributed by atoms with van der Waals surface area (Å²) in [5, 5.41) is 21.9. The van der Waals surface area contributed by atoms with Gasteiger partial charge in [-0.3, -0.25) is 4.79 Å². The number of rotatable bonds is 7. The third-order valence-corrected chi connectivity index (χ3v) is 7.27. The number of carbonyl (C=O) groups excluding carboxylic acids is 1. The van der Waals surface area contributed by atoms with E-state index in [0.717, 1.165) is 16.5 Å². The number of nitrogens with one attached hydrogen (secondary N) is 2. The van der Waals surface area contributed by atoms with Crippen molar-refractivity contribution >= 4 is 43.9 Å². The Morgan fingerprint density at radius 2 is 1.51 bits per heavy atom. The van der Waals surface area contributed by atoms with Crippen LogP contribution in [0, 0.1) is 6.92 Å². The highest BCUT2D eigenvalue weighted by molar-refractivity contribution is 7.89. The number of aromatic nitrogens is 2. The number of hydrogen-bond donors (Lipinski definition) is 3. The van der Waals surface area contributed by atoms with Crippen molar-refractivity contribution in [2.24, 2.45) is 5.14 Å². The van der Waals surface area contributed by atoms with E-state index < -0.39 is 10.0 Å². The molecule has 0 aliphatic heterocycles. The van der Waals surface area contributed by atoms with Gasteiger partial charge >= 0.3 is 0 Å². The number of amides is 1. The second-order valence-electron chi connectivity index (χ2n) is 8.85. The molecule has 0 spiro atoms. The van der Waals surface area contributed by atoms with Gasteiger partial charge in [-0.15, -0.1) is 10.2 Å². The van der Waals surface area contributed by atoms with E-state index in [-0.39, 0.29) is 10.8 Å². The molecule has 0 bridgehead atoms. The molecule has 196 valence electrons. The maximum Gasteiger partial charge on any atom is 0.255 e. The van der Waals surface area contributed by atoms with Crippen LogP contribution < -0.4 is 20.5 Å². The number of nitrogens with zero attached hydrogens (tertiary/aromatic N) is 2. The first-order chi connectivity index (χ1) is 18.7. The van der Waals surface area contributed by atoms with Crippen molar-refractivity contribution in [3.63, 3.8) is 0 Å². The summed E-state index contributed by atoms with van der Waals surface area (Å²) in [6.45, 7) is 1.69. The number of benzene rings is 4. The summed E-state index contributed by atoms with van der Waals surface area (Å²) in [7, 11) is -2.31. The van der Waals surface area contributed by atoms with Crippen molar-refractivity contribution in [1.82, 2.24) is 10.2 Å². The fourth-order valence-electron chi connectivity index (χ4n) is 4.18. The average molecular weight is 540 g/mol. The standard InChI is InChI=1S/C29H25N5O4S/c1-18-7-8-20(17-26(18)39(30,36)37)27-24-5-3-4-6-25(24)28(34-33-27)31-21-11-9-19(10-12-21)29(35)32-22-13-15-23(38-2)16-14-22/h3-17H,1-2H3,(H,31,34)(H,32,35)(H2,30,36,37). The molecule has 1 amide bonds. The van der Waals surface area contributed by atoms with Crippen LogP contribution in [0.1, 0.15) is 15.9 Å². The van der Waals surface area contributed by atoms with Gasteiger partial charge in [0, 0.05) is 33.3 Å². The summed E-state index contributed by atoms with van der Waals surface area (Å²) in [5.41, 5.74) is 3.55. The largest absolute Gasteiger partial charge is 0.497 e. The third-order valence-electron chi connectivity index (χ3n) is 6.21. The summed E-state index contributed by atoms with van der Waals surface area (Å²) in [6.07, 6.45) is 0. The lowest BCUT2D eigenvalue weighted by molar-refractivity contribution is 0.102. The first-order valence-electron chi connectivity index (χ1n) is 11.9. The lowest BCUT2D eigenvalue weighted by Crippen LogP contribution is -2.13. The van der Waals surface area contributed by atoms with Crippen LogP contribution in [-0.4, -0.2) is 31.6 Å². The first kappa shape index (κ1) is 25.8. The smallest absolute Gasteiger partial charge is 0.255 e. The Hall–Kier alpha value is -4.80. The van der Waals surface area contributed by atoms with E-state index in [1.165, 1.54) is 6.07 Å². The van der Waals surface area contributed by atoms with E-state index in [9.17, 15) is 13.2 Å². The second kappa shape index (κ2) is 10.5. The van der Waals surface area contributed by atoms with Crippen LogP contribution in [0.5, 0.6) is 5.75 Å². The van der Waals surface area contributed by atoms with Crippen molar-refractivity contribution in [2.75, 3.05) is 17.7 Å². The summed E-state index contributed by atoms with van der Waals surface area (Å²) < 4.78 is 29.2. The number of carbonyl (C=O) groups is 1. The van der Waals surface area contributed by atoms with Crippen LogP contribution in [0.4, 0.5) is 17.2 Å². The topological polar surface area (TPSA) is 136 Å². The van der Waals surface area contributed by atoms with Crippen LogP contribution in [0.15, 0.2) is 95.9 Å². The fraction of sp³-hybridized carbons (Fsp3) is 0.0690. The van der Waals surface area contributed by atoms with Crippen LogP contribution in [0.2, 0.25) is 0 Å². The predicted octanol–water partition coefficient (Wildman–Crippen LogP) is 5.26. The highest BCUT2D eigenvalue weighted by Gasteiger charge is 2.16. The van der Waals surface area contributed by atoms with Gasteiger partial charge in [-0.25, -0.2) is 13.6 Å². The van der Waals surface area contributed by atoms with E-state index in [1.54, 1.807) is 74.7 Å². The molecule has 0 saturated heterocycles. The number of hydrogen-bond acceptors (Lipinski definition) is 7. The Morgan fingerprint density at radius 1 is 0.846 bits per heavy atom. The van der Waals surface area contributed by atoms with E-state index in [4.69, 9.17) is 9.88 Å². The van der Waals surface area contributed by atoms with Gasteiger partial charge in [-0.1, -0.05) is 36.4 Å². The summed E-state index contributed by atoms with van der Waals surface area (Å²) >= 11 is 0. The number of sulfonamides is 1. The summed E-state index contributed by atoms with van der Waals surface area (Å²) in [5.74, 6) is 0.987. The number of anilines is 3. The maximum atomic E-state index is 12.7. The van der Waals surface area contributed by atoms with Gasteiger partial charge < -0.3 is 15.4 Å². The summed E-state index contributed by atoms with van der Waals surface area (Å²) in [6, 6.07) is 26.7. The Labute approximate surface area is 225 Å². The lowest BCUT2D eigenvalue weighted by Gasteiger charge is -2.13. The Kier molecular flexibility index (Phi) is 6.97. The molecular formula is C29H25N5O4S. The third kappa shape index (κ3) is 5.57. The predicted molar refractivity (Wildman–Crippen MR) is 152 cm³/mol. The minimum Gasteiger partial charge on any atom is -0.497 e. The van der Waals surface area contributed by atoms with E-state index in [1.807, 2.05) is 24.3 Å². The van der Waals surface area contributed by atoms with Gasteiger partial charge in [0.25, 0.3) is 5.91 Å². The normalized spacial score (nSPS) is 11.3. The fourth-order valence-corrected chi connectivity index (χ4v) is 4.99. The number of aryl methyl sites for hydroxylation is 1. The monoisotopic (exact) mass is 539 g/mol. The second-order valence-corrected chi connectivity index (χ2v) is 10.4. The zero-order valence-electron chi connectivity index (χ0n) is 21.2. The molecule has 0 aliphatic rings. The lowest BCUT2D eigenvalue weighted by atomic mass is 10.0. The highest BCUT2D eigenvalue weighted by Crippen LogP contribution is 2.32. The molecule has 1 aromatic heterocycles. The molecule has 4 N–H and O–H groups in total. The molecule has 9 nitrogen and oxygen atoms in total. The molecule has 0 fully saturated rings. The number of ether oxygens (including phenoxy) is 1. The number of nitrogens with two attached hydrogens (primary N) is 1. The SMILES string of the molecule is COc1ccc(NC(=O)c2ccc(Nc3nnc(-c4ccc(C)c(S(N)(=O)=O)c4)c4ccccc34)cc2)cc1. The minimum absolute atomic E-state index is 0.0456. The number of methoxy groups -OCH3 is 1. The molecule has 0 aliphatic carbocycles. The minimum atomic E-state index is -3.89. The average Bonchev–Trinajstić information content (AvgIpc) is 2.94. The highest BCUT2D eigenvalue weighted by atomic mass is 32.2. The van der Waals surface area contributed by atoms with Crippen molar-refractivity contribution in [3.05, 3.63) is 102 Å². The zero-order valence-corrected chi connectivity index (χ0v) is 22.0. The van der Waals surface area contributed by atoms with Crippen LogP contribution in [0.3, 0.4) is 0 Å². The molecule has 0 unspecified atom stereocenters. The van der Waals surface area contributed by atoms with Gasteiger partial charge in [0.1, 0.15) is 11.4 Å². The van der Waals surface area contributed by atoms with Gasteiger partial charge in [0.2, 0.25) is 10.0 Å². The number of fused-ring (bicyclic) bond motifs is 1. The van der Waals surface area contributed by atoms with Crippen molar-refractivity contribution in [3.8, 4) is 17.0 Å². The van der Waals surface area contributed by atoms with E-state index in [0.29, 0.717) is 39.6 Å². The van der Waals surface area contributed by atoms with Gasteiger partial charge in [-0.2, -0.15) is 0 Å². The number of primary sulfonamides is 1. The van der Waals surface area contributed by atoms with Gasteiger partial charge in [0.15, 0.2) is 5.82 Å². The first-order valence-corrected chi connectivity index (χ1v) is 13.5.